The van der Waals surface area contributed by atoms with Crippen LogP contribution in [0.25, 0.3) is 0 Å². The predicted octanol–water partition coefficient (Wildman–Crippen LogP) is 4.59. The number of sulfonamides is 1. The van der Waals surface area contributed by atoms with Crippen molar-refractivity contribution in [2.75, 3.05) is 11.3 Å². The second-order valence-electron chi connectivity index (χ2n) is 6.33. The molecule has 4 rings (SSSR count). The van der Waals surface area contributed by atoms with Gasteiger partial charge in [0, 0.05) is 17.8 Å². The first-order valence-electron chi connectivity index (χ1n) is 8.54. The van der Waals surface area contributed by atoms with Gasteiger partial charge in [-0.25, -0.2) is 8.42 Å². The summed E-state index contributed by atoms with van der Waals surface area (Å²) >= 11 is 2.80. The van der Waals surface area contributed by atoms with Crippen molar-refractivity contribution in [3.8, 4) is 0 Å². The molecular weight excluding hydrogens is 400 g/mol. The number of rotatable bonds is 5. The summed E-state index contributed by atoms with van der Waals surface area (Å²) in [5.41, 5.74) is 2.19. The fourth-order valence-corrected chi connectivity index (χ4v) is 6.05. The van der Waals surface area contributed by atoms with Crippen molar-refractivity contribution in [1.82, 2.24) is 4.90 Å². The average Bonchev–Trinajstić information content (AvgIpc) is 3.43. The molecule has 0 saturated carbocycles. The zero-order valence-corrected chi connectivity index (χ0v) is 16.8. The third kappa shape index (κ3) is 3.78. The van der Waals surface area contributed by atoms with Crippen molar-refractivity contribution < 1.29 is 13.2 Å². The van der Waals surface area contributed by atoms with Gasteiger partial charge in [-0.05, 0) is 70.9 Å². The first-order valence-corrected chi connectivity index (χ1v) is 11.8. The van der Waals surface area contributed by atoms with Crippen LogP contribution >= 0.6 is 22.7 Å². The van der Waals surface area contributed by atoms with E-state index in [0.29, 0.717) is 11.3 Å². The number of nitrogens with zero attached hydrogens (tertiary/aromatic N) is 1. The van der Waals surface area contributed by atoms with Crippen molar-refractivity contribution in [2.24, 2.45) is 0 Å². The summed E-state index contributed by atoms with van der Waals surface area (Å²) in [6.07, 6.45) is 1.96. The van der Waals surface area contributed by atoms with Gasteiger partial charge in [-0.15, -0.1) is 11.3 Å². The van der Waals surface area contributed by atoms with Gasteiger partial charge in [0.05, 0.1) is 6.04 Å². The van der Waals surface area contributed by atoms with Gasteiger partial charge in [-0.3, -0.25) is 9.52 Å². The number of benzene rings is 1. The van der Waals surface area contributed by atoms with Crippen LogP contribution in [0.5, 0.6) is 0 Å². The molecule has 1 N–H and O–H groups in total. The molecule has 3 heterocycles. The Bertz CT molecular complexity index is 1010. The summed E-state index contributed by atoms with van der Waals surface area (Å²) in [7, 11) is -3.58. The molecule has 1 fully saturated rings. The molecule has 0 radical (unpaired) electrons. The van der Waals surface area contributed by atoms with Gasteiger partial charge in [0.2, 0.25) is 0 Å². The number of thiophene rings is 2. The zero-order chi connectivity index (χ0) is 18.9. The van der Waals surface area contributed by atoms with Gasteiger partial charge in [-0.2, -0.15) is 11.3 Å². The molecule has 1 aliphatic heterocycles. The molecular formula is C19H18N2O3S3. The van der Waals surface area contributed by atoms with E-state index < -0.39 is 10.0 Å². The molecule has 1 aromatic carbocycles. The van der Waals surface area contributed by atoms with Crippen molar-refractivity contribution >= 4 is 44.3 Å². The molecule has 0 unspecified atom stereocenters. The van der Waals surface area contributed by atoms with Gasteiger partial charge in [-0.1, -0.05) is 6.07 Å². The quantitative estimate of drug-likeness (QED) is 0.659. The third-order valence-electron chi connectivity index (χ3n) is 4.59. The maximum absolute atomic E-state index is 12.9. The molecule has 0 bridgehead atoms. The van der Waals surface area contributed by atoms with Crippen molar-refractivity contribution in [2.45, 2.75) is 23.1 Å². The summed E-state index contributed by atoms with van der Waals surface area (Å²) in [4.78, 5) is 14.8. The van der Waals surface area contributed by atoms with E-state index in [1.807, 2.05) is 10.3 Å². The minimum atomic E-state index is -3.58. The van der Waals surface area contributed by atoms with Crippen LogP contribution in [0, 0.1) is 0 Å². The Hall–Kier alpha value is -2.16. The van der Waals surface area contributed by atoms with Gasteiger partial charge in [0.15, 0.2) is 0 Å². The second-order valence-corrected chi connectivity index (χ2v) is 9.97. The highest BCUT2D eigenvalue weighted by atomic mass is 32.2. The summed E-state index contributed by atoms with van der Waals surface area (Å²) in [6.45, 7) is 0.742. The number of likely N-dealkylation sites (tertiary alicyclic amines) is 1. The van der Waals surface area contributed by atoms with E-state index in [2.05, 4.69) is 16.2 Å². The van der Waals surface area contributed by atoms with Gasteiger partial charge in [0.25, 0.3) is 15.9 Å². The minimum absolute atomic E-state index is 0.0173. The van der Waals surface area contributed by atoms with E-state index in [9.17, 15) is 13.2 Å². The largest absolute Gasteiger partial charge is 0.332 e. The van der Waals surface area contributed by atoms with Crippen LogP contribution in [0.15, 0.2) is 62.8 Å². The number of nitrogens with one attached hydrogen (secondary N) is 1. The lowest BCUT2D eigenvalue weighted by atomic mass is 10.1. The average molecular weight is 419 g/mol. The van der Waals surface area contributed by atoms with Gasteiger partial charge < -0.3 is 4.90 Å². The highest BCUT2D eigenvalue weighted by molar-refractivity contribution is 7.94. The summed E-state index contributed by atoms with van der Waals surface area (Å²) in [5.74, 6) is -0.0173. The van der Waals surface area contributed by atoms with Crippen LogP contribution in [0.2, 0.25) is 0 Å². The summed E-state index contributed by atoms with van der Waals surface area (Å²) < 4.78 is 27.4. The first-order chi connectivity index (χ1) is 13.0. The van der Waals surface area contributed by atoms with E-state index in [1.165, 1.54) is 5.56 Å². The lowest BCUT2D eigenvalue weighted by Gasteiger charge is -2.24. The highest BCUT2D eigenvalue weighted by Crippen LogP contribution is 2.34. The summed E-state index contributed by atoms with van der Waals surface area (Å²) in [6, 6.07) is 12.1. The van der Waals surface area contributed by atoms with Crippen LogP contribution < -0.4 is 4.72 Å². The predicted molar refractivity (Wildman–Crippen MR) is 109 cm³/mol. The Morgan fingerprint density at radius 2 is 1.93 bits per heavy atom. The Morgan fingerprint density at radius 1 is 1.11 bits per heavy atom. The number of hydrogen-bond acceptors (Lipinski definition) is 5. The molecule has 1 aliphatic rings. The van der Waals surface area contributed by atoms with Crippen LogP contribution in [-0.4, -0.2) is 25.8 Å². The van der Waals surface area contributed by atoms with Crippen LogP contribution in [0.4, 0.5) is 5.69 Å². The smallest absolute Gasteiger partial charge is 0.271 e. The van der Waals surface area contributed by atoms with Crippen LogP contribution in [0.3, 0.4) is 0 Å². The van der Waals surface area contributed by atoms with Crippen molar-refractivity contribution in [3.05, 3.63) is 69.7 Å². The maximum Gasteiger partial charge on any atom is 0.271 e. The molecule has 140 valence electrons. The van der Waals surface area contributed by atoms with Crippen molar-refractivity contribution in [1.29, 1.82) is 0 Å². The first kappa shape index (κ1) is 18.2. The SMILES string of the molecule is O=C(c1ccc(NS(=O)(=O)c2cccs2)cc1)N1CCC[C@@H]1c1ccsc1. The zero-order valence-electron chi connectivity index (χ0n) is 14.4. The second kappa shape index (κ2) is 7.46. The minimum Gasteiger partial charge on any atom is -0.332 e. The molecule has 2 aromatic heterocycles. The third-order valence-corrected chi connectivity index (χ3v) is 8.07. The molecule has 5 nitrogen and oxygen atoms in total. The van der Waals surface area contributed by atoms with E-state index in [4.69, 9.17) is 0 Å². The fourth-order valence-electron chi connectivity index (χ4n) is 3.29. The molecule has 8 heteroatoms. The Balaban J connectivity index is 1.50. The summed E-state index contributed by atoms with van der Waals surface area (Å²) in [5, 5.41) is 5.85. The van der Waals surface area contributed by atoms with Gasteiger partial charge >= 0.3 is 0 Å². The number of carbonyl (C=O) groups excluding carboxylic acids is 1. The standard InChI is InChI=1S/C19H18N2O3S3/c22-19(21-10-1-3-17(21)15-9-12-25-13-15)14-5-7-16(8-6-14)20-27(23,24)18-4-2-11-26-18/h2,4-9,11-13,17,20H,1,3,10H2/t17-/m1/s1. The van der Waals surface area contributed by atoms with Gasteiger partial charge in [0.1, 0.15) is 4.21 Å². The lowest BCUT2D eigenvalue weighted by molar-refractivity contribution is 0.0736. The van der Waals surface area contributed by atoms with E-state index in [0.717, 1.165) is 30.7 Å². The lowest BCUT2D eigenvalue weighted by Crippen LogP contribution is -2.30. The Kier molecular flexibility index (Phi) is 5.03. The molecule has 3 aromatic rings. The molecule has 0 aliphatic carbocycles. The highest BCUT2D eigenvalue weighted by Gasteiger charge is 2.30. The van der Waals surface area contributed by atoms with E-state index >= 15 is 0 Å². The Morgan fingerprint density at radius 3 is 2.59 bits per heavy atom. The molecule has 1 amide bonds. The van der Waals surface area contributed by atoms with Crippen LogP contribution in [-0.2, 0) is 10.0 Å². The molecule has 1 atom stereocenters. The normalized spacial score (nSPS) is 17.2. The van der Waals surface area contributed by atoms with Crippen LogP contribution in [0.1, 0.15) is 34.8 Å². The number of amides is 1. The number of hydrogen-bond donors (Lipinski definition) is 1. The Labute approximate surface area is 166 Å². The van der Waals surface area contributed by atoms with E-state index in [1.54, 1.807) is 53.1 Å². The molecule has 1 saturated heterocycles. The molecule has 27 heavy (non-hydrogen) atoms. The monoisotopic (exact) mass is 418 g/mol. The maximum atomic E-state index is 12.9. The molecule has 0 spiro atoms. The van der Waals surface area contributed by atoms with Crippen molar-refractivity contribution in [3.63, 3.8) is 0 Å². The topological polar surface area (TPSA) is 66.5 Å². The number of carbonyl (C=O) groups is 1. The fraction of sp³-hybridized carbons (Fsp3) is 0.211. The number of anilines is 1. The van der Waals surface area contributed by atoms with E-state index in [-0.39, 0.29) is 16.2 Å².